The molecule has 4 heteroatoms. The molecule has 0 saturated heterocycles. The van der Waals surface area contributed by atoms with Crippen molar-refractivity contribution in [1.82, 2.24) is 10.2 Å². The van der Waals surface area contributed by atoms with Crippen LogP contribution in [0.3, 0.4) is 0 Å². The molecule has 3 N–H and O–H groups in total. The standard InChI is InChI=1S/C9H21N3O/c1-7(2)8(9(10)13)11-5-6-12(3)4/h7-8,11H,5-6H2,1-4H3,(H2,10,13). The quantitative estimate of drug-likeness (QED) is 0.597. The molecule has 13 heavy (non-hydrogen) atoms. The Kier molecular flexibility index (Phi) is 5.66. The van der Waals surface area contributed by atoms with Gasteiger partial charge in [0.15, 0.2) is 0 Å². The summed E-state index contributed by atoms with van der Waals surface area (Å²) >= 11 is 0. The fraction of sp³-hybridized carbons (Fsp3) is 0.889. The van der Waals surface area contributed by atoms with Gasteiger partial charge in [0.1, 0.15) is 0 Å². The molecule has 0 spiro atoms. The third-order valence-corrected chi connectivity index (χ3v) is 1.90. The lowest BCUT2D eigenvalue weighted by molar-refractivity contribution is -0.121. The average molecular weight is 187 g/mol. The highest BCUT2D eigenvalue weighted by Crippen LogP contribution is 1.99. The molecule has 0 bridgehead atoms. The second-order valence-corrected chi connectivity index (χ2v) is 3.88. The van der Waals surface area contributed by atoms with E-state index in [1.807, 2.05) is 27.9 Å². The topological polar surface area (TPSA) is 58.4 Å². The maximum atomic E-state index is 11.0. The van der Waals surface area contributed by atoms with Crippen LogP contribution in [0.4, 0.5) is 0 Å². The normalized spacial score (nSPS) is 13.7. The molecule has 0 radical (unpaired) electrons. The zero-order valence-electron chi connectivity index (χ0n) is 9.00. The maximum Gasteiger partial charge on any atom is 0.234 e. The number of nitrogens with zero attached hydrogens (tertiary/aromatic N) is 1. The summed E-state index contributed by atoms with van der Waals surface area (Å²) in [5.74, 6) is -0.0200. The van der Waals surface area contributed by atoms with E-state index in [2.05, 4.69) is 10.2 Å². The minimum absolute atomic E-state index is 0.208. The van der Waals surface area contributed by atoms with E-state index in [1.165, 1.54) is 0 Å². The Morgan fingerprint density at radius 2 is 2.00 bits per heavy atom. The number of likely N-dealkylation sites (N-methyl/N-ethyl adjacent to an activating group) is 1. The summed E-state index contributed by atoms with van der Waals surface area (Å²) in [6.45, 7) is 5.67. The highest BCUT2D eigenvalue weighted by Gasteiger charge is 2.17. The van der Waals surface area contributed by atoms with E-state index in [0.29, 0.717) is 0 Å². The third kappa shape index (κ3) is 5.60. The number of nitrogens with one attached hydrogen (secondary N) is 1. The van der Waals surface area contributed by atoms with Crippen LogP contribution in [0.25, 0.3) is 0 Å². The molecule has 1 amide bonds. The minimum atomic E-state index is -0.270. The van der Waals surface area contributed by atoms with Crippen LogP contribution < -0.4 is 11.1 Å². The van der Waals surface area contributed by atoms with Crippen LogP contribution in [0, 0.1) is 5.92 Å². The van der Waals surface area contributed by atoms with E-state index < -0.39 is 0 Å². The molecule has 0 rings (SSSR count). The lowest BCUT2D eigenvalue weighted by Crippen LogP contribution is -2.46. The van der Waals surface area contributed by atoms with E-state index in [1.54, 1.807) is 0 Å². The molecule has 0 aliphatic carbocycles. The predicted molar refractivity (Wildman–Crippen MR) is 54.4 cm³/mol. The first kappa shape index (κ1) is 12.4. The Morgan fingerprint density at radius 1 is 1.46 bits per heavy atom. The molecule has 0 heterocycles. The molecule has 0 aromatic carbocycles. The molecular formula is C9H21N3O. The first-order valence-corrected chi connectivity index (χ1v) is 4.62. The van der Waals surface area contributed by atoms with Crippen molar-refractivity contribution < 1.29 is 4.79 Å². The smallest absolute Gasteiger partial charge is 0.234 e. The lowest BCUT2D eigenvalue weighted by Gasteiger charge is -2.20. The van der Waals surface area contributed by atoms with Crippen LogP contribution in [0.15, 0.2) is 0 Å². The number of primary amides is 1. The second kappa shape index (κ2) is 5.94. The van der Waals surface area contributed by atoms with E-state index in [-0.39, 0.29) is 17.9 Å². The van der Waals surface area contributed by atoms with Crippen LogP contribution in [0.2, 0.25) is 0 Å². The first-order valence-electron chi connectivity index (χ1n) is 4.62. The number of rotatable bonds is 6. The molecule has 1 unspecified atom stereocenters. The first-order chi connectivity index (χ1) is 5.95. The van der Waals surface area contributed by atoms with Crippen LogP contribution in [-0.4, -0.2) is 44.0 Å². The summed E-state index contributed by atoms with van der Waals surface area (Å²) in [4.78, 5) is 13.0. The van der Waals surface area contributed by atoms with Gasteiger partial charge in [-0.25, -0.2) is 0 Å². The zero-order chi connectivity index (χ0) is 10.4. The van der Waals surface area contributed by atoms with Crippen molar-refractivity contribution >= 4 is 5.91 Å². The van der Waals surface area contributed by atoms with Crippen molar-refractivity contribution in [2.45, 2.75) is 19.9 Å². The number of hydrogen-bond acceptors (Lipinski definition) is 3. The summed E-state index contributed by atoms with van der Waals surface area (Å²) in [5, 5.41) is 3.13. The summed E-state index contributed by atoms with van der Waals surface area (Å²) in [6.07, 6.45) is 0. The zero-order valence-corrected chi connectivity index (χ0v) is 9.00. The molecule has 78 valence electrons. The number of carbonyl (C=O) groups is 1. The lowest BCUT2D eigenvalue weighted by atomic mass is 10.0. The van der Waals surface area contributed by atoms with Crippen LogP contribution >= 0.6 is 0 Å². The highest BCUT2D eigenvalue weighted by atomic mass is 16.1. The molecule has 0 fully saturated rings. The van der Waals surface area contributed by atoms with Gasteiger partial charge in [-0.1, -0.05) is 13.8 Å². The van der Waals surface area contributed by atoms with Crippen LogP contribution in [0.5, 0.6) is 0 Å². The second-order valence-electron chi connectivity index (χ2n) is 3.88. The molecule has 0 saturated carbocycles. The molecule has 0 aromatic rings. The Morgan fingerprint density at radius 3 is 2.31 bits per heavy atom. The van der Waals surface area contributed by atoms with Gasteiger partial charge in [-0.05, 0) is 20.0 Å². The van der Waals surface area contributed by atoms with Gasteiger partial charge in [0.2, 0.25) is 5.91 Å². The van der Waals surface area contributed by atoms with Gasteiger partial charge in [-0.2, -0.15) is 0 Å². The molecule has 0 aliphatic heterocycles. The van der Waals surface area contributed by atoms with E-state index >= 15 is 0 Å². The van der Waals surface area contributed by atoms with Crippen molar-refractivity contribution in [2.24, 2.45) is 11.7 Å². The molecular weight excluding hydrogens is 166 g/mol. The third-order valence-electron chi connectivity index (χ3n) is 1.90. The molecule has 0 aliphatic rings. The van der Waals surface area contributed by atoms with Gasteiger partial charge in [0.25, 0.3) is 0 Å². The molecule has 4 nitrogen and oxygen atoms in total. The van der Waals surface area contributed by atoms with Crippen LogP contribution in [0.1, 0.15) is 13.8 Å². The highest BCUT2D eigenvalue weighted by molar-refractivity contribution is 5.80. The molecule has 0 aromatic heterocycles. The van der Waals surface area contributed by atoms with Crippen LogP contribution in [-0.2, 0) is 4.79 Å². The summed E-state index contributed by atoms with van der Waals surface area (Å²) in [5.41, 5.74) is 5.24. The van der Waals surface area contributed by atoms with Crippen molar-refractivity contribution in [3.05, 3.63) is 0 Å². The van der Waals surface area contributed by atoms with Crippen molar-refractivity contribution in [1.29, 1.82) is 0 Å². The summed E-state index contributed by atoms with van der Waals surface area (Å²) in [7, 11) is 3.99. The predicted octanol–water partition coefficient (Wildman–Crippen LogP) is -0.352. The molecule has 1 atom stereocenters. The van der Waals surface area contributed by atoms with Gasteiger partial charge in [-0.15, -0.1) is 0 Å². The number of hydrogen-bond donors (Lipinski definition) is 2. The van der Waals surface area contributed by atoms with Crippen molar-refractivity contribution in [2.75, 3.05) is 27.2 Å². The number of nitrogens with two attached hydrogens (primary N) is 1. The van der Waals surface area contributed by atoms with E-state index in [9.17, 15) is 4.79 Å². The number of carbonyl (C=O) groups excluding carboxylic acids is 1. The van der Waals surface area contributed by atoms with E-state index in [4.69, 9.17) is 5.73 Å². The summed E-state index contributed by atoms with van der Waals surface area (Å²) in [6, 6.07) is -0.208. The van der Waals surface area contributed by atoms with Gasteiger partial charge >= 0.3 is 0 Å². The average Bonchev–Trinajstić information content (AvgIpc) is 1.95. The van der Waals surface area contributed by atoms with Crippen molar-refractivity contribution in [3.63, 3.8) is 0 Å². The fourth-order valence-electron chi connectivity index (χ4n) is 1.11. The number of amides is 1. The fourth-order valence-corrected chi connectivity index (χ4v) is 1.11. The van der Waals surface area contributed by atoms with Gasteiger partial charge in [0, 0.05) is 13.1 Å². The van der Waals surface area contributed by atoms with Crippen molar-refractivity contribution in [3.8, 4) is 0 Å². The Bertz CT molecular complexity index is 157. The van der Waals surface area contributed by atoms with Gasteiger partial charge < -0.3 is 16.0 Å². The summed E-state index contributed by atoms with van der Waals surface area (Å²) < 4.78 is 0. The Balaban J connectivity index is 3.77. The minimum Gasteiger partial charge on any atom is -0.368 e. The monoisotopic (exact) mass is 187 g/mol. The van der Waals surface area contributed by atoms with Gasteiger partial charge in [0.05, 0.1) is 6.04 Å². The SMILES string of the molecule is CC(C)C(NCCN(C)C)C(N)=O. The van der Waals surface area contributed by atoms with E-state index in [0.717, 1.165) is 13.1 Å². The largest absolute Gasteiger partial charge is 0.368 e. The maximum absolute atomic E-state index is 11.0. The van der Waals surface area contributed by atoms with Gasteiger partial charge in [-0.3, -0.25) is 4.79 Å². The Labute approximate surface area is 80.5 Å². The Hall–Kier alpha value is -0.610.